The first-order chi connectivity index (χ1) is 10.1. The molecule has 2 rings (SSSR count). The van der Waals surface area contributed by atoms with Gasteiger partial charge >= 0.3 is 5.97 Å². The van der Waals surface area contributed by atoms with E-state index >= 15 is 0 Å². The second-order valence-electron chi connectivity index (χ2n) is 5.64. The average Bonchev–Trinajstić information content (AvgIpc) is 2.49. The summed E-state index contributed by atoms with van der Waals surface area (Å²) in [6, 6.07) is 6.31. The van der Waals surface area contributed by atoms with E-state index in [1.54, 1.807) is 18.2 Å². The van der Waals surface area contributed by atoms with Crippen LogP contribution in [0.1, 0.15) is 40.0 Å². The van der Waals surface area contributed by atoms with Crippen LogP contribution in [0.15, 0.2) is 24.3 Å². The number of amides is 1. The SMILES string of the molecule is CN1CCC(CCNC(=O)c2ccccc2C(=O)O)CC1. The third-order valence-electron chi connectivity index (χ3n) is 4.08. The van der Waals surface area contributed by atoms with Gasteiger partial charge in [0.15, 0.2) is 0 Å². The van der Waals surface area contributed by atoms with Gasteiger partial charge in [-0.3, -0.25) is 4.79 Å². The van der Waals surface area contributed by atoms with Crippen LogP contribution in [0.4, 0.5) is 0 Å². The predicted octanol–water partition coefficient (Wildman–Crippen LogP) is 1.85. The molecular weight excluding hydrogens is 268 g/mol. The van der Waals surface area contributed by atoms with Crippen LogP contribution in [0.2, 0.25) is 0 Å². The Bertz CT molecular complexity index is 508. The zero-order valence-corrected chi connectivity index (χ0v) is 12.3. The fraction of sp³-hybridized carbons (Fsp3) is 0.500. The van der Waals surface area contributed by atoms with E-state index in [2.05, 4.69) is 17.3 Å². The number of hydrogen-bond donors (Lipinski definition) is 2. The maximum atomic E-state index is 12.1. The molecule has 1 fully saturated rings. The molecule has 21 heavy (non-hydrogen) atoms. The molecule has 5 heteroatoms. The van der Waals surface area contributed by atoms with Crippen LogP contribution in [0.5, 0.6) is 0 Å². The number of piperidine rings is 1. The summed E-state index contributed by atoms with van der Waals surface area (Å²) in [4.78, 5) is 25.5. The first-order valence-corrected chi connectivity index (χ1v) is 7.37. The Hall–Kier alpha value is -1.88. The largest absolute Gasteiger partial charge is 0.478 e. The third-order valence-corrected chi connectivity index (χ3v) is 4.08. The van der Waals surface area contributed by atoms with Gasteiger partial charge in [0.1, 0.15) is 0 Å². The van der Waals surface area contributed by atoms with Gasteiger partial charge in [-0.15, -0.1) is 0 Å². The highest BCUT2D eigenvalue weighted by atomic mass is 16.4. The second kappa shape index (κ2) is 7.22. The number of nitrogens with one attached hydrogen (secondary N) is 1. The molecule has 1 amide bonds. The number of benzene rings is 1. The number of carbonyl (C=O) groups is 2. The Morgan fingerprint density at radius 3 is 2.48 bits per heavy atom. The summed E-state index contributed by atoms with van der Waals surface area (Å²) in [6.07, 6.45) is 3.28. The van der Waals surface area contributed by atoms with Gasteiger partial charge < -0.3 is 15.3 Å². The average molecular weight is 290 g/mol. The highest BCUT2D eigenvalue weighted by molar-refractivity contribution is 6.04. The highest BCUT2D eigenvalue weighted by Crippen LogP contribution is 2.18. The van der Waals surface area contributed by atoms with E-state index in [0.717, 1.165) is 32.4 Å². The molecule has 5 nitrogen and oxygen atoms in total. The lowest BCUT2D eigenvalue weighted by atomic mass is 9.94. The van der Waals surface area contributed by atoms with Crippen molar-refractivity contribution in [3.63, 3.8) is 0 Å². The van der Waals surface area contributed by atoms with Gasteiger partial charge in [-0.25, -0.2) is 4.79 Å². The summed E-state index contributed by atoms with van der Waals surface area (Å²) >= 11 is 0. The van der Waals surface area contributed by atoms with Gasteiger partial charge in [-0.1, -0.05) is 12.1 Å². The van der Waals surface area contributed by atoms with Crippen molar-refractivity contribution < 1.29 is 14.7 Å². The number of likely N-dealkylation sites (tertiary alicyclic amines) is 1. The summed E-state index contributed by atoms with van der Waals surface area (Å²) in [5, 5.41) is 11.9. The van der Waals surface area contributed by atoms with Crippen molar-refractivity contribution in [2.75, 3.05) is 26.7 Å². The minimum absolute atomic E-state index is 0.0503. The van der Waals surface area contributed by atoms with Crippen LogP contribution >= 0.6 is 0 Å². The van der Waals surface area contributed by atoms with Crippen LogP contribution in [-0.4, -0.2) is 48.6 Å². The molecule has 2 N–H and O–H groups in total. The molecule has 0 bridgehead atoms. The number of carboxylic acids is 1. The maximum absolute atomic E-state index is 12.1. The van der Waals surface area contributed by atoms with Crippen LogP contribution in [0.25, 0.3) is 0 Å². The van der Waals surface area contributed by atoms with E-state index in [1.165, 1.54) is 6.07 Å². The van der Waals surface area contributed by atoms with Gasteiger partial charge in [-0.05, 0) is 57.5 Å². The van der Waals surface area contributed by atoms with Gasteiger partial charge in [0.2, 0.25) is 0 Å². The van der Waals surface area contributed by atoms with Gasteiger partial charge in [0.25, 0.3) is 5.91 Å². The van der Waals surface area contributed by atoms with Crippen molar-refractivity contribution in [2.45, 2.75) is 19.3 Å². The molecule has 0 spiro atoms. The highest BCUT2D eigenvalue weighted by Gasteiger charge is 2.18. The van der Waals surface area contributed by atoms with Crippen molar-refractivity contribution in [2.24, 2.45) is 5.92 Å². The minimum Gasteiger partial charge on any atom is -0.478 e. The summed E-state index contributed by atoms with van der Waals surface area (Å²) in [6.45, 7) is 2.82. The van der Waals surface area contributed by atoms with Crippen molar-refractivity contribution >= 4 is 11.9 Å². The summed E-state index contributed by atoms with van der Waals surface area (Å²) in [5.41, 5.74) is 0.280. The lowest BCUT2D eigenvalue weighted by Crippen LogP contribution is -2.33. The van der Waals surface area contributed by atoms with E-state index in [1.807, 2.05) is 0 Å². The minimum atomic E-state index is -1.07. The number of carboxylic acid groups (broad SMARTS) is 1. The van der Waals surface area contributed by atoms with Gasteiger partial charge in [0.05, 0.1) is 11.1 Å². The molecule has 1 aliphatic heterocycles. The molecule has 0 aliphatic carbocycles. The Kier molecular flexibility index (Phi) is 5.33. The lowest BCUT2D eigenvalue weighted by molar-refractivity contribution is 0.0691. The van der Waals surface area contributed by atoms with Crippen molar-refractivity contribution in [3.05, 3.63) is 35.4 Å². The van der Waals surface area contributed by atoms with Crippen LogP contribution < -0.4 is 5.32 Å². The standard InChI is InChI=1S/C16H22N2O3/c1-18-10-7-12(8-11-18)6-9-17-15(19)13-4-2-3-5-14(13)16(20)21/h2-5,12H,6-11H2,1H3,(H,17,19)(H,20,21). The van der Waals surface area contributed by atoms with E-state index in [-0.39, 0.29) is 17.0 Å². The van der Waals surface area contributed by atoms with Crippen LogP contribution in [0, 0.1) is 5.92 Å². The summed E-state index contributed by atoms with van der Waals surface area (Å²) < 4.78 is 0. The Labute approximate surface area is 125 Å². The number of aromatic carboxylic acids is 1. The monoisotopic (exact) mass is 290 g/mol. The zero-order valence-electron chi connectivity index (χ0n) is 12.3. The lowest BCUT2D eigenvalue weighted by Gasteiger charge is -2.28. The molecule has 0 atom stereocenters. The number of carbonyl (C=O) groups excluding carboxylic acids is 1. The Morgan fingerprint density at radius 1 is 1.24 bits per heavy atom. The molecule has 0 unspecified atom stereocenters. The fourth-order valence-electron chi connectivity index (χ4n) is 2.70. The maximum Gasteiger partial charge on any atom is 0.336 e. The second-order valence-corrected chi connectivity index (χ2v) is 5.64. The van der Waals surface area contributed by atoms with Crippen LogP contribution in [0.3, 0.4) is 0 Å². The zero-order chi connectivity index (χ0) is 15.2. The van der Waals surface area contributed by atoms with E-state index < -0.39 is 5.97 Å². The fourth-order valence-corrected chi connectivity index (χ4v) is 2.70. The quantitative estimate of drug-likeness (QED) is 0.868. The van der Waals surface area contributed by atoms with Gasteiger partial charge in [-0.2, -0.15) is 0 Å². The molecule has 1 saturated heterocycles. The van der Waals surface area contributed by atoms with E-state index in [9.17, 15) is 9.59 Å². The molecule has 1 aromatic carbocycles. The van der Waals surface area contributed by atoms with E-state index in [0.29, 0.717) is 12.5 Å². The summed E-state index contributed by atoms with van der Waals surface area (Å²) in [5.74, 6) is -0.729. The van der Waals surface area contributed by atoms with Crippen molar-refractivity contribution in [1.82, 2.24) is 10.2 Å². The molecule has 1 aliphatic rings. The molecule has 114 valence electrons. The number of rotatable bonds is 5. The normalized spacial score (nSPS) is 16.6. The Balaban J connectivity index is 1.84. The first kappa shape index (κ1) is 15.5. The van der Waals surface area contributed by atoms with Crippen molar-refractivity contribution in [1.29, 1.82) is 0 Å². The summed E-state index contributed by atoms with van der Waals surface area (Å²) in [7, 11) is 2.13. The predicted molar refractivity (Wildman–Crippen MR) is 80.6 cm³/mol. The molecule has 0 saturated carbocycles. The third kappa shape index (κ3) is 4.29. The molecule has 1 heterocycles. The number of nitrogens with zero attached hydrogens (tertiary/aromatic N) is 1. The van der Waals surface area contributed by atoms with Crippen LogP contribution in [-0.2, 0) is 0 Å². The smallest absolute Gasteiger partial charge is 0.336 e. The number of hydrogen-bond acceptors (Lipinski definition) is 3. The molecule has 0 radical (unpaired) electrons. The van der Waals surface area contributed by atoms with Crippen molar-refractivity contribution in [3.8, 4) is 0 Å². The van der Waals surface area contributed by atoms with E-state index in [4.69, 9.17) is 5.11 Å². The first-order valence-electron chi connectivity index (χ1n) is 7.37. The van der Waals surface area contributed by atoms with Gasteiger partial charge in [0, 0.05) is 6.54 Å². The molecular formula is C16H22N2O3. The topological polar surface area (TPSA) is 69.6 Å². The molecule has 0 aromatic heterocycles. The molecule has 1 aromatic rings. The Morgan fingerprint density at radius 2 is 1.86 bits per heavy atom.